The van der Waals surface area contributed by atoms with E-state index < -0.39 is 8.56 Å². The van der Waals surface area contributed by atoms with Gasteiger partial charge in [0.1, 0.15) is 0 Å². The second kappa shape index (κ2) is 14.1. The lowest BCUT2D eigenvalue weighted by Crippen LogP contribution is -2.54. The standard InChI is InChI=1S/C23H41NO2Si/c1-6-11-17-24(18-12-7-2)19-14-20-27(25-9-4,26-10-5)23-16-13-15-22(8-3)21-23/h8,13,15-16,21H,3,6-7,9-12,14,17-20H2,1-2,4-5H3. The van der Waals surface area contributed by atoms with Gasteiger partial charge >= 0.3 is 8.56 Å². The summed E-state index contributed by atoms with van der Waals surface area (Å²) < 4.78 is 12.7. The zero-order valence-corrected chi connectivity index (χ0v) is 19.1. The van der Waals surface area contributed by atoms with Crippen LogP contribution in [0.2, 0.25) is 6.04 Å². The van der Waals surface area contributed by atoms with Gasteiger partial charge in [-0.25, -0.2) is 0 Å². The van der Waals surface area contributed by atoms with Gasteiger partial charge in [0.25, 0.3) is 0 Å². The fourth-order valence-corrected chi connectivity index (χ4v) is 6.79. The summed E-state index contributed by atoms with van der Waals surface area (Å²) in [7, 11) is -2.42. The Hall–Kier alpha value is -0.943. The van der Waals surface area contributed by atoms with Gasteiger partial charge in [-0.05, 0) is 69.5 Å². The summed E-state index contributed by atoms with van der Waals surface area (Å²) in [6.45, 7) is 17.6. The van der Waals surface area contributed by atoms with E-state index >= 15 is 0 Å². The zero-order chi connectivity index (χ0) is 20.0. The first-order valence-electron chi connectivity index (χ1n) is 10.9. The van der Waals surface area contributed by atoms with Gasteiger partial charge in [-0.15, -0.1) is 0 Å². The summed E-state index contributed by atoms with van der Waals surface area (Å²) in [5.41, 5.74) is 1.14. The van der Waals surface area contributed by atoms with Crippen LogP contribution in [0.5, 0.6) is 0 Å². The quantitative estimate of drug-likeness (QED) is 0.355. The highest BCUT2D eigenvalue weighted by molar-refractivity contribution is 6.81. The lowest BCUT2D eigenvalue weighted by atomic mass is 10.2. The molecule has 154 valence electrons. The minimum absolute atomic E-state index is 0.694. The van der Waals surface area contributed by atoms with Gasteiger partial charge < -0.3 is 13.8 Å². The van der Waals surface area contributed by atoms with Crippen molar-refractivity contribution in [2.45, 2.75) is 65.8 Å². The van der Waals surface area contributed by atoms with Crippen molar-refractivity contribution in [3.63, 3.8) is 0 Å². The third-order valence-corrected chi connectivity index (χ3v) is 8.67. The molecule has 0 spiro atoms. The van der Waals surface area contributed by atoms with Gasteiger partial charge in [0.15, 0.2) is 0 Å². The molecule has 0 saturated heterocycles. The summed E-state index contributed by atoms with van der Waals surface area (Å²) in [5.74, 6) is 0. The molecular formula is C23H41NO2Si. The molecule has 1 aromatic rings. The predicted octanol–water partition coefficient (Wildman–Crippen LogP) is 5.34. The molecule has 3 nitrogen and oxygen atoms in total. The van der Waals surface area contributed by atoms with Crippen LogP contribution < -0.4 is 5.19 Å². The number of hydrogen-bond acceptors (Lipinski definition) is 3. The molecule has 0 bridgehead atoms. The summed E-state index contributed by atoms with van der Waals surface area (Å²) in [4.78, 5) is 2.63. The number of nitrogens with zero attached hydrogens (tertiary/aromatic N) is 1. The van der Waals surface area contributed by atoms with Crippen molar-refractivity contribution in [1.29, 1.82) is 0 Å². The highest BCUT2D eigenvalue weighted by Crippen LogP contribution is 2.19. The molecule has 0 saturated carbocycles. The van der Waals surface area contributed by atoms with Crippen molar-refractivity contribution in [1.82, 2.24) is 4.90 Å². The van der Waals surface area contributed by atoms with Gasteiger partial charge in [0.05, 0.1) is 0 Å². The predicted molar refractivity (Wildman–Crippen MR) is 121 cm³/mol. The Morgan fingerprint density at radius 2 is 1.52 bits per heavy atom. The van der Waals surface area contributed by atoms with Gasteiger partial charge in [-0.1, -0.05) is 63.6 Å². The maximum Gasteiger partial charge on any atom is 0.372 e. The van der Waals surface area contributed by atoms with Crippen LogP contribution in [0.3, 0.4) is 0 Å². The molecule has 27 heavy (non-hydrogen) atoms. The minimum atomic E-state index is -2.42. The highest BCUT2D eigenvalue weighted by Gasteiger charge is 2.39. The van der Waals surface area contributed by atoms with Gasteiger partial charge in [-0.3, -0.25) is 0 Å². The van der Waals surface area contributed by atoms with Crippen molar-refractivity contribution >= 4 is 19.8 Å². The van der Waals surface area contributed by atoms with Crippen LogP contribution in [0.1, 0.15) is 65.4 Å². The van der Waals surface area contributed by atoms with Gasteiger partial charge in [-0.2, -0.15) is 0 Å². The number of unbranched alkanes of at least 4 members (excludes halogenated alkanes) is 2. The monoisotopic (exact) mass is 391 g/mol. The molecule has 0 heterocycles. The van der Waals surface area contributed by atoms with Crippen molar-refractivity contribution in [2.24, 2.45) is 0 Å². The first-order valence-corrected chi connectivity index (χ1v) is 12.9. The second-order valence-electron chi connectivity index (χ2n) is 7.10. The molecule has 0 atom stereocenters. The third kappa shape index (κ3) is 8.30. The van der Waals surface area contributed by atoms with E-state index in [9.17, 15) is 0 Å². The fraction of sp³-hybridized carbons (Fsp3) is 0.652. The van der Waals surface area contributed by atoms with Crippen molar-refractivity contribution in [3.8, 4) is 0 Å². The van der Waals surface area contributed by atoms with Crippen LogP contribution in [0.4, 0.5) is 0 Å². The number of rotatable bonds is 16. The largest absolute Gasteiger partial charge is 0.391 e. The normalized spacial score (nSPS) is 11.9. The Bertz CT molecular complexity index is 507. The van der Waals surface area contributed by atoms with Crippen LogP contribution >= 0.6 is 0 Å². The Balaban J connectivity index is 2.87. The first-order chi connectivity index (χ1) is 13.2. The summed E-state index contributed by atoms with van der Waals surface area (Å²) in [5, 5.41) is 1.23. The van der Waals surface area contributed by atoms with E-state index in [1.54, 1.807) is 0 Å². The van der Waals surface area contributed by atoms with Crippen molar-refractivity contribution in [3.05, 3.63) is 36.4 Å². The van der Waals surface area contributed by atoms with E-state index in [0.29, 0.717) is 13.2 Å². The average molecular weight is 392 g/mol. The minimum Gasteiger partial charge on any atom is -0.391 e. The average Bonchev–Trinajstić information content (AvgIpc) is 2.69. The molecule has 0 radical (unpaired) electrons. The topological polar surface area (TPSA) is 21.7 Å². The molecule has 0 fully saturated rings. The zero-order valence-electron chi connectivity index (χ0n) is 18.1. The lowest BCUT2D eigenvalue weighted by molar-refractivity contribution is 0.191. The van der Waals surface area contributed by atoms with Crippen LogP contribution in [0.25, 0.3) is 6.08 Å². The summed E-state index contributed by atoms with van der Waals surface area (Å²) in [6, 6.07) is 9.57. The molecule has 0 amide bonds. The number of benzene rings is 1. The van der Waals surface area contributed by atoms with Gasteiger partial charge in [0.2, 0.25) is 0 Å². The van der Waals surface area contributed by atoms with Crippen LogP contribution in [-0.4, -0.2) is 46.3 Å². The van der Waals surface area contributed by atoms with E-state index in [0.717, 1.165) is 24.6 Å². The maximum absolute atomic E-state index is 6.36. The van der Waals surface area contributed by atoms with Crippen LogP contribution in [0.15, 0.2) is 30.8 Å². The first kappa shape index (κ1) is 24.1. The summed E-state index contributed by atoms with van der Waals surface area (Å²) in [6.07, 6.45) is 8.10. The fourth-order valence-electron chi connectivity index (χ4n) is 3.50. The van der Waals surface area contributed by atoms with Crippen LogP contribution in [-0.2, 0) is 8.85 Å². The Kier molecular flexibility index (Phi) is 12.6. The van der Waals surface area contributed by atoms with Crippen molar-refractivity contribution in [2.75, 3.05) is 32.8 Å². The smallest absolute Gasteiger partial charge is 0.372 e. The third-order valence-electron chi connectivity index (χ3n) is 4.95. The van der Waals surface area contributed by atoms with E-state index in [2.05, 4.69) is 63.4 Å². The molecule has 0 aliphatic heterocycles. The SMILES string of the molecule is C=Cc1cccc([Si](CCCN(CCCC)CCCC)(OCC)OCC)c1. The molecule has 0 N–H and O–H groups in total. The molecule has 1 aromatic carbocycles. The highest BCUT2D eigenvalue weighted by atomic mass is 28.4. The van der Waals surface area contributed by atoms with E-state index in [-0.39, 0.29) is 0 Å². The number of hydrogen-bond donors (Lipinski definition) is 0. The molecule has 0 aromatic heterocycles. The molecule has 0 aliphatic rings. The molecule has 1 rings (SSSR count). The second-order valence-corrected chi connectivity index (χ2v) is 10.3. The summed E-state index contributed by atoms with van der Waals surface area (Å²) >= 11 is 0. The van der Waals surface area contributed by atoms with E-state index in [1.165, 1.54) is 44.0 Å². The van der Waals surface area contributed by atoms with E-state index in [4.69, 9.17) is 8.85 Å². The van der Waals surface area contributed by atoms with Crippen molar-refractivity contribution < 1.29 is 8.85 Å². The molecule has 4 heteroatoms. The lowest BCUT2D eigenvalue weighted by Gasteiger charge is -2.32. The Morgan fingerprint density at radius 1 is 0.926 bits per heavy atom. The molecule has 0 unspecified atom stereocenters. The Morgan fingerprint density at radius 3 is 2.04 bits per heavy atom. The van der Waals surface area contributed by atoms with Crippen LogP contribution in [0, 0.1) is 0 Å². The molecular weight excluding hydrogens is 350 g/mol. The van der Waals surface area contributed by atoms with E-state index in [1.807, 2.05) is 6.08 Å². The molecule has 0 aliphatic carbocycles. The maximum atomic E-state index is 6.36. The Labute approximate surface area is 169 Å². The van der Waals surface area contributed by atoms with Gasteiger partial charge in [0, 0.05) is 13.2 Å².